The molecule has 0 aliphatic heterocycles. The summed E-state index contributed by atoms with van der Waals surface area (Å²) in [6, 6.07) is 8.82. The van der Waals surface area contributed by atoms with Gasteiger partial charge in [-0.3, -0.25) is 4.90 Å². The van der Waals surface area contributed by atoms with Crippen LogP contribution in [0.5, 0.6) is 5.75 Å². The zero-order chi connectivity index (χ0) is 14.2. The fraction of sp³-hybridized carbons (Fsp3) is 0.647. The first kappa shape index (κ1) is 15.3. The zero-order valence-corrected chi connectivity index (χ0v) is 12.6. The minimum Gasteiger partial charge on any atom is -0.492 e. The molecule has 1 aliphatic carbocycles. The van der Waals surface area contributed by atoms with Gasteiger partial charge in [0.15, 0.2) is 0 Å². The maximum Gasteiger partial charge on any atom is 0.119 e. The number of ether oxygens (including phenoxy) is 1. The van der Waals surface area contributed by atoms with Crippen LogP contribution in [0, 0.1) is 6.92 Å². The molecule has 0 saturated heterocycles. The number of hydrogen-bond acceptors (Lipinski definition) is 3. The number of benzene rings is 1. The van der Waals surface area contributed by atoms with Gasteiger partial charge in [-0.05, 0) is 31.9 Å². The third-order valence-electron chi connectivity index (χ3n) is 4.15. The average Bonchev–Trinajstić information content (AvgIpc) is 2.49. The van der Waals surface area contributed by atoms with Crippen LogP contribution in [0.15, 0.2) is 24.3 Å². The Hall–Kier alpha value is -1.06. The smallest absolute Gasteiger partial charge is 0.119 e. The third-order valence-corrected chi connectivity index (χ3v) is 4.15. The predicted octanol–water partition coefficient (Wildman–Crippen LogP) is 3.00. The number of rotatable bonds is 7. The summed E-state index contributed by atoms with van der Waals surface area (Å²) in [4.78, 5) is 2.40. The molecule has 1 aromatic rings. The minimum atomic E-state index is 0.237. The molecule has 20 heavy (non-hydrogen) atoms. The van der Waals surface area contributed by atoms with E-state index in [2.05, 4.69) is 24.0 Å². The first-order valence-corrected chi connectivity index (χ1v) is 7.84. The van der Waals surface area contributed by atoms with Crippen molar-refractivity contribution < 1.29 is 9.84 Å². The Labute approximate surface area is 122 Å². The second-order valence-electron chi connectivity index (χ2n) is 5.71. The van der Waals surface area contributed by atoms with Crippen LogP contribution in [-0.4, -0.2) is 42.4 Å². The van der Waals surface area contributed by atoms with E-state index in [1.54, 1.807) is 0 Å². The molecule has 112 valence electrons. The summed E-state index contributed by atoms with van der Waals surface area (Å²) in [5.41, 5.74) is 1.25. The van der Waals surface area contributed by atoms with E-state index in [1.807, 2.05) is 12.1 Å². The lowest BCUT2D eigenvalue weighted by Crippen LogP contribution is -2.41. The van der Waals surface area contributed by atoms with Gasteiger partial charge in [0.2, 0.25) is 0 Å². The van der Waals surface area contributed by atoms with Crippen molar-refractivity contribution in [2.45, 2.75) is 45.1 Å². The molecule has 3 heteroatoms. The van der Waals surface area contributed by atoms with E-state index in [4.69, 9.17) is 4.74 Å². The topological polar surface area (TPSA) is 32.7 Å². The number of aryl methyl sites for hydroxylation is 1. The van der Waals surface area contributed by atoms with E-state index in [0.29, 0.717) is 12.6 Å². The quantitative estimate of drug-likeness (QED) is 0.831. The molecule has 1 aliphatic rings. The number of nitrogens with zero attached hydrogens (tertiary/aromatic N) is 1. The third kappa shape index (κ3) is 4.80. The Balaban J connectivity index is 1.77. The number of hydrogen-bond donors (Lipinski definition) is 1. The molecule has 3 nitrogen and oxygen atoms in total. The maximum atomic E-state index is 9.23. The Morgan fingerprint density at radius 2 is 1.80 bits per heavy atom. The molecule has 1 fully saturated rings. The molecular formula is C17H27NO2. The molecule has 2 rings (SSSR count). The van der Waals surface area contributed by atoms with Gasteiger partial charge in [-0.25, -0.2) is 0 Å². The van der Waals surface area contributed by atoms with Gasteiger partial charge in [0.05, 0.1) is 6.61 Å². The molecule has 0 bridgehead atoms. The lowest BCUT2D eigenvalue weighted by molar-refractivity contribution is 0.106. The minimum absolute atomic E-state index is 0.237. The van der Waals surface area contributed by atoms with Crippen molar-refractivity contribution >= 4 is 0 Å². The normalized spacial score (nSPS) is 16.6. The number of aliphatic hydroxyl groups is 1. The van der Waals surface area contributed by atoms with Gasteiger partial charge >= 0.3 is 0 Å². The summed E-state index contributed by atoms with van der Waals surface area (Å²) in [6.45, 7) is 4.68. The summed E-state index contributed by atoms with van der Waals surface area (Å²) in [5.74, 6) is 0.934. The molecule has 0 unspecified atom stereocenters. The maximum absolute atomic E-state index is 9.23. The molecule has 0 aromatic heterocycles. The van der Waals surface area contributed by atoms with E-state index in [9.17, 15) is 5.11 Å². The van der Waals surface area contributed by atoms with Gasteiger partial charge in [0.1, 0.15) is 12.4 Å². The van der Waals surface area contributed by atoms with Crippen molar-refractivity contribution in [2.75, 3.05) is 26.3 Å². The van der Waals surface area contributed by atoms with Crippen LogP contribution in [0.1, 0.15) is 37.7 Å². The van der Waals surface area contributed by atoms with Crippen molar-refractivity contribution in [3.63, 3.8) is 0 Å². The fourth-order valence-electron chi connectivity index (χ4n) is 2.97. The Bertz CT molecular complexity index is 371. The van der Waals surface area contributed by atoms with Crippen molar-refractivity contribution in [1.29, 1.82) is 0 Å². The molecule has 0 radical (unpaired) electrons. The molecular weight excluding hydrogens is 250 g/mol. The largest absolute Gasteiger partial charge is 0.492 e. The van der Waals surface area contributed by atoms with Crippen LogP contribution in [-0.2, 0) is 0 Å². The van der Waals surface area contributed by atoms with Crippen molar-refractivity contribution in [3.05, 3.63) is 29.8 Å². The lowest BCUT2D eigenvalue weighted by atomic mass is 9.94. The van der Waals surface area contributed by atoms with Crippen LogP contribution in [0.3, 0.4) is 0 Å². The van der Waals surface area contributed by atoms with Crippen molar-refractivity contribution in [2.24, 2.45) is 0 Å². The van der Waals surface area contributed by atoms with Gasteiger partial charge in [0.25, 0.3) is 0 Å². The first-order valence-electron chi connectivity index (χ1n) is 7.84. The lowest BCUT2D eigenvalue weighted by Gasteiger charge is -2.33. The van der Waals surface area contributed by atoms with Crippen LogP contribution in [0.4, 0.5) is 0 Å². The summed E-state index contributed by atoms with van der Waals surface area (Å²) in [5, 5.41) is 9.23. The van der Waals surface area contributed by atoms with Gasteiger partial charge in [-0.1, -0.05) is 37.0 Å². The van der Waals surface area contributed by atoms with E-state index in [1.165, 1.54) is 37.7 Å². The summed E-state index contributed by atoms with van der Waals surface area (Å²) < 4.78 is 5.81. The first-order chi connectivity index (χ1) is 9.79. The Morgan fingerprint density at radius 1 is 1.10 bits per heavy atom. The van der Waals surface area contributed by atoms with Gasteiger partial charge < -0.3 is 9.84 Å². The molecule has 1 aromatic carbocycles. The van der Waals surface area contributed by atoms with Crippen LogP contribution < -0.4 is 4.74 Å². The zero-order valence-electron chi connectivity index (χ0n) is 12.6. The van der Waals surface area contributed by atoms with E-state index < -0.39 is 0 Å². The van der Waals surface area contributed by atoms with E-state index >= 15 is 0 Å². The van der Waals surface area contributed by atoms with Gasteiger partial charge in [-0.2, -0.15) is 0 Å². The molecule has 1 saturated carbocycles. The average molecular weight is 277 g/mol. The van der Waals surface area contributed by atoms with Crippen molar-refractivity contribution in [1.82, 2.24) is 4.90 Å². The second kappa shape index (κ2) is 8.28. The molecule has 1 N–H and O–H groups in total. The number of aliphatic hydroxyl groups excluding tert-OH is 1. The highest BCUT2D eigenvalue weighted by atomic mass is 16.5. The van der Waals surface area contributed by atoms with E-state index in [0.717, 1.165) is 18.8 Å². The van der Waals surface area contributed by atoms with Gasteiger partial charge in [0, 0.05) is 19.1 Å². The molecule has 0 amide bonds. The summed E-state index contributed by atoms with van der Waals surface area (Å²) in [6.07, 6.45) is 6.55. The fourth-order valence-corrected chi connectivity index (χ4v) is 2.97. The summed E-state index contributed by atoms with van der Waals surface area (Å²) >= 11 is 0. The van der Waals surface area contributed by atoms with Crippen molar-refractivity contribution in [3.8, 4) is 5.75 Å². The Morgan fingerprint density at radius 3 is 2.45 bits per heavy atom. The molecule has 0 atom stereocenters. The molecule has 0 spiro atoms. The SMILES string of the molecule is Cc1ccc(OCCN(CCO)C2CCCCC2)cc1. The van der Waals surface area contributed by atoms with Crippen LogP contribution in [0.25, 0.3) is 0 Å². The van der Waals surface area contributed by atoms with Gasteiger partial charge in [-0.15, -0.1) is 0 Å². The standard InChI is InChI=1S/C17H27NO2/c1-15-7-9-17(10-8-15)20-14-12-18(11-13-19)16-5-3-2-4-6-16/h7-10,16,19H,2-6,11-14H2,1H3. The molecule has 0 heterocycles. The highest BCUT2D eigenvalue weighted by Crippen LogP contribution is 2.22. The van der Waals surface area contributed by atoms with Crippen LogP contribution in [0.2, 0.25) is 0 Å². The monoisotopic (exact) mass is 277 g/mol. The second-order valence-corrected chi connectivity index (χ2v) is 5.71. The van der Waals surface area contributed by atoms with E-state index in [-0.39, 0.29) is 6.61 Å². The summed E-state index contributed by atoms with van der Waals surface area (Å²) in [7, 11) is 0. The highest BCUT2D eigenvalue weighted by molar-refractivity contribution is 5.26. The van der Waals surface area contributed by atoms with Crippen LogP contribution >= 0.6 is 0 Å². The predicted molar refractivity (Wildman–Crippen MR) is 82.2 cm³/mol. The highest BCUT2D eigenvalue weighted by Gasteiger charge is 2.20. The Kier molecular flexibility index (Phi) is 6.34.